The Balaban J connectivity index is 1.60. The lowest BCUT2D eigenvalue weighted by Gasteiger charge is -2.42. The van der Waals surface area contributed by atoms with Gasteiger partial charge in [-0.2, -0.15) is 0 Å². The van der Waals surface area contributed by atoms with Gasteiger partial charge in [-0.25, -0.2) is 4.39 Å². The van der Waals surface area contributed by atoms with Gasteiger partial charge in [0.2, 0.25) is 5.91 Å². The van der Waals surface area contributed by atoms with Gasteiger partial charge in [-0.05, 0) is 55.8 Å². The molecule has 0 aromatic heterocycles. The second-order valence-electron chi connectivity index (χ2n) is 9.03. The maximum atomic E-state index is 13.7. The fourth-order valence-electron chi connectivity index (χ4n) is 4.10. The van der Waals surface area contributed by atoms with Crippen molar-refractivity contribution < 1.29 is 18.7 Å². The van der Waals surface area contributed by atoms with E-state index in [0.717, 1.165) is 29.5 Å². The molecule has 1 N–H and O–H groups in total. The van der Waals surface area contributed by atoms with Gasteiger partial charge in [-0.15, -0.1) is 0 Å². The first kappa shape index (κ1) is 22.4. The third-order valence-electron chi connectivity index (χ3n) is 5.89. The van der Waals surface area contributed by atoms with Crippen LogP contribution in [0.25, 0.3) is 11.1 Å². The van der Waals surface area contributed by atoms with Crippen molar-refractivity contribution in [1.82, 2.24) is 15.1 Å². The second kappa shape index (κ2) is 9.38. The largest absolute Gasteiger partial charge is 0.361 e. The van der Waals surface area contributed by atoms with Gasteiger partial charge in [0.05, 0.1) is 19.7 Å². The quantitative estimate of drug-likeness (QED) is 0.720. The van der Waals surface area contributed by atoms with Crippen LogP contribution in [-0.4, -0.2) is 73.6 Å². The third-order valence-corrected chi connectivity index (χ3v) is 5.89. The van der Waals surface area contributed by atoms with Crippen molar-refractivity contribution in [2.24, 2.45) is 0 Å². The van der Waals surface area contributed by atoms with Crippen LogP contribution in [0.1, 0.15) is 18.4 Å². The van der Waals surface area contributed by atoms with E-state index in [1.807, 2.05) is 49.3 Å². The van der Waals surface area contributed by atoms with E-state index in [9.17, 15) is 14.0 Å². The minimum Gasteiger partial charge on any atom is -0.361 e. The van der Waals surface area contributed by atoms with E-state index < -0.39 is 5.60 Å². The number of hydrogen-bond acceptors (Lipinski definition) is 4. The minimum atomic E-state index is -1.15. The topological polar surface area (TPSA) is 61.9 Å². The van der Waals surface area contributed by atoms with Crippen LogP contribution in [0.3, 0.4) is 0 Å². The summed E-state index contributed by atoms with van der Waals surface area (Å²) in [6, 6.07) is 14.4. The molecule has 0 bridgehead atoms. The Labute approximate surface area is 188 Å². The number of nitrogens with zero attached hydrogens (tertiary/aromatic N) is 2. The molecule has 6 nitrogen and oxygen atoms in total. The van der Waals surface area contributed by atoms with E-state index >= 15 is 0 Å². The van der Waals surface area contributed by atoms with Crippen LogP contribution in [0, 0.1) is 5.82 Å². The normalized spacial score (nSPS) is 20.9. The van der Waals surface area contributed by atoms with Crippen LogP contribution >= 0.6 is 0 Å². The fourth-order valence-corrected chi connectivity index (χ4v) is 4.10. The van der Waals surface area contributed by atoms with Gasteiger partial charge in [0.15, 0.2) is 5.60 Å². The van der Waals surface area contributed by atoms with Gasteiger partial charge >= 0.3 is 0 Å². The van der Waals surface area contributed by atoms with Crippen molar-refractivity contribution in [2.45, 2.75) is 30.9 Å². The maximum Gasteiger partial charge on any atom is 0.254 e. The smallest absolute Gasteiger partial charge is 0.254 e. The summed E-state index contributed by atoms with van der Waals surface area (Å²) in [6.07, 6.45) is 2.28. The number of halogens is 1. The lowest BCUT2D eigenvalue weighted by Crippen LogP contribution is -2.63. The minimum absolute atomic E-state index is 0.0181. The average molecular weight is 440 g/mol. The highest BCUT2D eigenvalue weighted by atomic mass is 19.1. The lowest BCUT2D eigenvalue weighted by atomic mass is 9.89. The highest BCUT2D eigenvalue weighted by molar-refractivity contribution is 5.88. The van der Waals surface area contributed by atoms with Gasteiger partial charge in [0.25, 0.3) is 5.91 Å². The Kier molecular flexibility index (Phi) is 6.58. The molecule has 1 aliphatic heterocycles. The molecule has 0 radical (unpaired) electrons. The van der Waals surface area contributed by atoms with Gasteiger partial charge in [0, 0.05) is 19.0 Å². The summed E-state index contributed by atoms with van der Waals surface area (Å²) in [5.74, 6) is -0.479. The summed E-state index contributed by atoms with van der Waals surface area (Å²) < 4.78 is 19.8. The van der Waals surface area contributed by atoms with Gasteiger partial charge in [-0.1, -0.05) is 36.4 Å². The van der Waals surface area contributed by atoms with E-state index in [0.29, 0.717) is 19.6 Å². The Bertz CT molecular complexity index is 992. The molecule has 0 spiro atoms. The number of ether oxygens (including phenoxy) is 1. The Morgan fingerprint density at radius 1 is 1.16 bits per heavy atom. The molecule has 170 valence electrons. The lowest BCUT2D eigenvalue weighted by molar-refractivity contribution is -0.166. The molecule has 1 heterocycles. The third kappa shape index (κ3) is 5.34. The molecule has 2 amide bonds. The zero-order valence-corrected chi connectivity index (χ0v) is 18.6. The first-order valence-corrected chi connectivity index (χ1v) is 11.1. The number of rotatable bonds is 7. The van der Waals surface area contributed by atoms with Crippen molar-refractivity contribution in [3.05, 3.63) is 59.9 Å². The summed E-state index contributed by atoms with van der Waals surface area (Å²) in [5.41, 5.74) is 1.40. The van der Waals surface area contributed by atoms with E-state index in [-0.39, 0.29) is 36.8 Å². The van der Waals surface area contributed by atoms with Crippen molar-refractivity contribution in [1.29, 1.82) is 0 Å². The van der Waals surface area contributed by atoms with Crippen LogP contribution in [0.2, 0.25) is 0 Å². The van der Waals surface area contributed by atoms with Gasteiger partial charge < -0.3 is 19.9 Å². The molecule has 2 fully saturated rings. The molecule has 4 rings (SSSR count). The SMILES string of the molecule is CN(C)CC(=O)N1CCOC(Cc2cccc(-c3cccc(F)c3)c2)(C(=O)NC2CC2)C1. The van der Waals surface area contributed by atoms with Crippen molar-refractivity contribution in [3.8, 4) is 11.1 Å². The Morgan fingerprint density at radius 3 is 2.56 bits per heavy atom. The number of carbonyl (C=O) groups excluding carboxylic acids is 2. The molecule has 2 aromatic carbocycles. The highest BCUT2D eigenvalue weighted by Crippen LogP contribution is 2.29. The van der Waals surface area contributed by atoms with Crippen molar-refractivity contribution in [2.75, 3.05) is 40.3 Å². The van der Waals surface area contributed by atoms with Gasteiger partial charge in [0.1, 0.15) is 5.82 Å². The molecule has 1 atom stereocenters. The molecule has 1 unspecified atom stereocenters. The van der Waals surface area contributed by atoms with E-state index in [4.69, 9.17) is 4.74 Å². The first-order valence-electron chi connectivity index (χ1n) is 11.1. The number of morpholine rings is 1. The summed E-state index contributed by atoms with van der Waals surface area (Å²) in [4.78, 5) is 29.6. The number of likely N-dealkylation sites (N-methyl/N-ethyl adjacent to an activating group) is 1. The summed E-state index contributed by atoms with van der Waals surface area (Å²) in [6.45, 7) is 1.27. The van der Waals surface area contributed by atoms with E-state index in [1.54, 1.807) is 11.0 Å². The molecule has 1 aliphatic carbocycles. The zero-order valence-electron chi connectivity index (χ0n) is 18.6. The first-order chi connectivity index (χ1) is 15.3. The molecule has 2 aliphatic rings. The molecule has 1 saturated heterocycles. The van der Waals surface area contributed by atoms with Crippen molar-refractivity contribution >= 4 is 11.8 Å². The fraction of sp³-hybridized carbons (Fsp3) is 0.440. The highest BCUT2D eigenvalue weighted by Gasteiger charge is 2.46. The van der Waals surface area contributed by atoms with Crippen molar-refractivity contribution in [3.63, 3.8) is 0 Å². The summed E-state index contributed by atoms with van der Waals surface area (Å²) in [5, 5.41) is 3.08. The van der Waals surface area contributed by atoms with E-state index in [1.165, 1.54) is 12.1 Å². The van der Waals surface area contributed by atoms with Crippen LogP contribution in [-0.2, 0) is 20.7 Å². The zero-order chi connectivity index (χ0) is 22.7. The predicted molar refractivity (Wildman–Crippen MR) is 121 cm³/mol. The monoisotopic (exact) mass is 439 g/mol. The van der Waals surface area contributed by atoms with Crippen LogP contribution in [0.4, 0.5) is 4.39 Å². The number of amides is 2. The molecule has 2 aromatic rings. The van der Waals surface area contributed by atoms with E-state index in [2.05, 4.69) is 5.32 Å². The van der Waals surface area contributed by atoms with Crippen LogP contribution < -0.4 is 5.32 Å². The number of carbonyl (C=O) groups is 2. The maximum absolute atomic E-state index is 13.7. The predicted octanol–water partition coefficient (Wildman–Crippen LogP) is 2.47. The molecule has 32 heavy (non-hydrogen) atoms. The summed E-state index contributed by atoms with van der Waals surface area (Å²) in [7, 11) is 3.70. The molecular weight excluding hydrogens is 409 g/mol. The Morgan fingerprint density at radius 2 is 1.88 bits per heavy atom. The number of nitrogens with one attached hydrogen (secondary N) is 1. The second-order valence-corrected chi connectivity index (χ2v) is 9.03. The molecular formula is C25H30FN3O3. The standard InChI is InChI=1S/C25H30FN3O3/c1-28(2)16-23(30)29-11-12-32-25(17-29,24(31)27-22-9-10-22)15-18-5-3-6-19(13-18)20-7-4-8-21(26)14-20/h3-8,13-14,22H,9-12,15-17H2,1-2H3,(H,27,31). The number of benzene rings is 2. The van der Waals surface area contributed by atoms with Gasteiger partial charge in [-0.3, -0.25) is 9.59 Å². The summed E-state index contributed by atoms with van der Waals surface area (Å²) >= 11 is 0. The molecule has 1 saturated carbocycles. The Hall–Kier alpha value is -2.77. The average Bonchev–Trinajstić information content (AvgIpc) is 3.57. The molecule has 7 heteroatoms. The van der Waals surface area contributed by atoms with Crippen LogP contribution in [0.5, 0.6) is 0 Å². The number of hydrogen-bond donors (Lipinski definition) is 1. The van der Waals surface area contributed by atoms with Crippen LogP contribution in [0.15, 0.2) is 48.5 Å².